The van der Waals surface area contributed by atoms with E-state index in [4.69, 9.17) is 9.72 Å². The molecule has 3 aromatic rings. The van der Waals surface area contributed by atoms with Crippen LogP contribution in [-0.2, 0) is 22.2 Å². The van der Waals surface area contributed by atoms with Gasteiger partial charge < -0.3 is 19.3 Å². The van der Waals surface area contributed by atoms with Crippen LogP contribution in [0.3, 0.4) is 0 Å². The molecule has 0 bridgehead atoms. The van der Waals surface area contributed by atoms with Crippen molar-refractivity contribution >= 4 is 23.2 Å². The Morgan fingerprint density at radius 1 is 1.08 bits per heavy atom. The maximum absolute atomic E-state index is 12.8. The summed E-state index contributed by atoms with van der Waals surface area (Å²) in [6.45, 7) is 14.5. The number of rotatable bonds is 6. The van der Waals surface area contributed by atoms with E-state index in [1.54, 1.807) is 18.4 Å². The molecular weight excluding hydrogens is 500 g/mol. The molecule has 38 heavy (non-hydrogen) atoms. The number of carboxylic acids is 1. The number of aromatic carboxylic acids is 1. The molecule has 1 aliphatic heterocycles. The van der Waals surface area contributed by atoms with Gasteiger partial charge in [0, 0.05) is 53.5 Å². The standard InChI is InChI=1S/C29H38N4O4S/c1-28(2,3)20-14-19(15-21(24(20)37-7)29(4,5)6)26-31-22(17-38-26)18-8-11-32(12-9-18)23(34)16-33-13-10-30-25(33)27(35)36/h10,13-15,17-18H,8-9,11-12,16H2,1-7H3,(H,35,36). The van der Waals surface area contributed by atoms with Crippen LogP contribution in [0.2, 0.25) is 0 Å². The average Bonchev–Trinajstić information content (AvgIpc) is 3.52. The Hall–Kier alpha value is -3.20. The number of carboxylic acid groups (broad SMARTS) is 1. The van der Waals surface area contributed by atoms with Crippen molar-refractivity contribution in [3.05, 3.63) is 52.6 Å². The highest BCUT2D eigenvalue weighted by atomic mass is 32.1. The summed E-state index contributed by atoms with van der Waals surface area (Å²) in [5.74, 6) is -0.110. The van der Waals surface area contributed by atoms with Crippen LogP contribution in [0.1, 0.15) is 87.7 Å². The zero-order valence-electron chi connectivity index (χ0n) is 23.4. The Kier molecular flexibility index (Phi) is 7.70. The van der Waals surface area contributed by atoms with Crippen LogP contribution in [-0.4, -0.2) is 56.6 Å². The highest BCUT2D eigenvalue weighted by molar-refractivity contribution is 7.13. The first-order chi connectivity index (χ1) is 17.8. The maximum Gasteiger partial charge on any atom is 0.372 e. The van der Waals surface area contributed by atoms with Gasteiger partial charge in [0.2, 0.25) is 11.7 Å². The number of carbonyl (C=O) groups is 2. The van der Waals surface area contributed by atoms with Crippen LogP contribution < -0.4 is 4.74 Å². The van der Waals surface area contributed by atoms with Crippen LogP contribution in [0.5, 0.6) is 5.75 Å². The van der Waals surface area contributed by atoms with Gasteiger partial charge in [-0.05, 0) is 35.8 Å². The van der Waals surface area contributed by atoms with Gasteiger partial charge in [0.1, 0.15) is 17.3 Å². The first-order valence-corrected chi connectivity index (χ1v) is 13.9. The number of benzene rings is 1. The molecule has 0 spiro atoms. The smallest absolute Gasteiger partial charge is 0.372 e. The summed E-state index contributed by atoms with van der Waals surface area (Å²) in [5, 5.41) is 12.4. The normalized spacial score (nSPS) is 15.1. The number of hydrogen-bond donors (Lipinski definition) is 1. The third-order valence-corrected chi connectivity index (χ3v) is 8.07. The molecule has 1 amide bonds. The van der Waals surface area contributed by atoms with E-state index in [1.165, 1.54) is 28.1 Å². The molecule has 0 aliphatic carbocycles. The van der Waals surface area contributed by atoms with Crippen molar-refractivity contribution in [3.63, 3.8) is 0 Å². The molecule has 3 heterocycles. The van der Waals surface area contributed by atoms with Crippen molar-refractivity contribution in [2.75, 3.05) is 20.2 Å². The molecule has 1 fully saturated rings. The van der Waals surface area contributed by atoms with Gasteiger partial charge in [-0.15, -0.1) is 11.3 Å². The van der Waals surface area contributed by atoms with E-state index in [2.05, 4.69) is 64.0 Å². The Labute approximate surface area is 228 Å². The third-order valence-electron chi connectivity index (χ3n) is 7.16. The van der Waals surface area contributed by atoms with Crippen molar-refractivity contribution in [1.82, 2.24) is 19.4 Å². The monoisotopic (exact) mass is 538 g/mol. The average molecular weight is 539 g/mol. The lowest BCUT2D eigenvalue weighted by atomic mass is 9.78. The minimum Gasteiger partial charge on any atom is -0.496 e. The van der Waals surface area contributed by atoms with Gasteiger partial charge in [0.05, 0.1) is 12.8 Å². The van der Waals surface area contributed by atoms with E-state index in [9.17, 15) is 14.7 Å². The molecule has 9 heteroatoms. The zero-order chi connectivity index (χ0) is 27.8. The van der Waals surface area contributed by atoms with Crippen LogP contribution in [0.15, 0.2) is 29.9 Å². The second kappa shape index (κ2) is 10.5. The molecule has 0 saturated carbocycles. The van der Waals surface area contributed by atoms with Gasteiger partial charge >= 0.3 is 5.97 Å². The first kappa shape index (κ1) is 27.8. The van der Waals surface area contributed by atoms with Crippen LogP contribution in [0, 0.1) is 0 Å². The summed E-state index contributed by atoms with van der Waals surface area (Å²) in [5.41, 5.74) is 4.38. The summed E-state index contributed by atoms with van der Waals surface area (Å²) in [6.07, 6.45) is 4.59. The number of carbonyl (C=O) groups excluding carboxylic acids is 1. The Morgan fingerprint density at radius 2 is 1.68 bits per heavy atom. The SMILES string of the molecule is COc1c(C(C)(C)C)cc(-c2nc(C3CCN(C(=O)Cn4ccnc4C(=O)O)CC3)cs2)cc1C(C)(C)C. The molecule has 0 atom stereocenters. The van der Waals surface area contributed by atoms with E-state index in [1.807, 2.05) is 4.90 Å². The second-order valence-electron chi connectivity index (χ2n) is 12.0. The molecule has 8 nitrogen and oxygen atoms in total. The minimum absolute atomic E-state index is 0.0170. The lowest BCUT2D eigenvalue weighted by molar-refractivity contribution is -0.132. The molecular formula is C29H38N4O4S. The van der Waals surface area contributed by atoms with Crippen LogP contribution >= 0.6 is 11.3 Å². The van der Waals surface area contributed by atoms with Gasteiger partial charge in [-0.25, -0.2) is 14.8 Å². The van der Waals surface area contributed by atoms with E-state index < -0.39 is 5.97 Å². The Morgan fingerprint density at radius 3 is 2.21 bits per heavy atom. The summed E-state index contributed by atoms with van der Waals surface area (Å²) < 4.78 is 7.30. The fourth-order valence-electron chi connectivity index (χ4n) is 5.00. The molecule has 0 unspecified atom stereocenters. The number of imidazole rings is 1. The largest absolute Gasteiger partial charge is 0.496 e. The van der Waals surface area contributed by atoms with Gasteiger partial charge in [0.25, 0.3) is 0 Å². The number of amides is 1. The predicted octanol–water partition coefficient (Wildman–Crippen LogP) is 5.71. The van der Waals surface area contributed by atoms with E-state index in [0.29, 0.717) is 13.1 Å². The van der Waals surface area contributed by atoms with Gasteiger partial charge in [0.15, 0.2) is 0 Å². The van der Waals surface area contributed by atoms with Gasteiger partial charge in [-0.2, -0.15) is 0 Å². The molecule has 1 N–H and O–H groups in total. The lowest BCUT2D eigenvalue weighted by Crippen LogP contribution is -2.40. The second-order valence-corrected chi connectivity index (χ2v) is 12.9. The maximum atomic E-state index is 12.8. The zero-order valence-corrected chi connectivity index (χ0v) is 24.2. The number of likely N-dealkylation sites (tertiary alicyclic amines) is 1. The molecule has 1 saturated heterocycles. The number of piperidine rings is 1. The quantitative estimate of drug-likeness (QED) is 0.431. The molecule has 4 rings (SSSR count). The summed E-state index contributed by atoms with van der Waals surface area (Å²) >= 11 is 1.66. The fraction of sp³-hybridized carbons (Fsp3) is 0.517. The summed E-state index contributed by atoms with van der Waals surface area (Å²) in [4.78, 5) is 34.8. The van der Waals surface area contributed by atoms with Crippen molar-refractivity contribution in [1.29, 1.82) is 0 Å². The van der Waals surface area contributed by atoms with Gasteiger partial charge in [-0.1, -0.05) is 41.5 Å². The molecule has 1 aliphatic rings. The predicted molar refractivity (Wildman–Crippen MR) is 149 cm³/mol. The number of nitrogens with zero attached hydrogens (tertiary/aromatic N) is 4. The summed E-state index contributed by atoms with van der Waals surface area (Å²) in [7, 11) is 1.75. The summed E-state index contributed by atoms with van der Waals surface area (Å²) in [6, 6.07) is 4.44. The Balaban J connectivity index is 1.50. The highest BCUT2D eigenvalue weighted by Crippen LogP contribution is 2.43. The molecule has 1 aromatic carbocycles. The minimum atomic E-state index is -1.14. The van der Waals surface area contributed by atoms with Crippen molar-refractivity contribution < 1.29 is 19.4 Å². The van der Waals surface area contributed by atoms with Crippen molar-refractivity contribution in [2.24, 2.45) is 0 Å². The Bertz CT molecular complexity index is 1290. The molecule has 0 radical (unpaired) electrons. The lowest BCUT2D eigenvalue weighted by Gasteiger charge is -2.31. The first-order valence-electron chi connectivity index (χ1n) is 13.0. The number of hydrogen-bond acceptors (Lipinski definition) is 6. The third kappa shape index (κ3) is 5.77. The highest BCUT2D eigenvalue weighted by Gasteiger charge is 2.30. The van der Waals surface area contributed by atoms with Crippen LogP contribution in [0.4, 0.5) is 0 Å². The topological polar surface area (TPSA) is 97.5 Å². The molecule has 2 aromatic heterocycles. The number of ether oxygens (including phenoxy) is 1. The fourth-order valence-corrected chi connectivity index (χ4v) is 5.89. The molecule has 204 valence electrons. The van der Waals surface area contributed by atoms with Crippen LogP contribution in [0.25, 0.3) is 10.6 Å². The van der Waals surface area contributed by atoms with Crippen molar-refractivity contribution in [2.45, 2.75) is 77.7 Å². The van der Waals surface area contributed by atoms with Crippen molar-refractivity contribution in [3.8, 4) is 16.3 Å². The number of methoxy groups -OCH3 is 1. The number of thiazole rings is 1. The van der Waals surface area contributed by atoms with E-state index in [-0.39, 0.29) is 35.0 Å². The number of aromatic nitrogens is 3. The van der Waals surface area contributed by atoms with E-state index >= 15 is 0 Å². The van der Waals surface area contributed by atoms with E-state index in [0.717, 1.165) is 34.9 Å². The van der Waals surface area contributed by atoms with Gasteiger partial charge in [-0.3, -0.25) is 4.79 Å².